The summed E-state index contributed by atoms with van der Waals surface area (Å²) in [7, 11) is -8.94. The normalized spacial score (nSPS) is 11.5. The third-order valence-electron chi connectivity index (χ3n) is 2.40. The van der Waals surface area contributed by atoms with Gasteiger partial charge >= 0.3 is 37.7 Å². The van der Waals surface area contributed by atoms with Crippen LogP contribution in [0.1, 0.15) is 0 Å². The molecule has 0 saturated heterocycles. The molecular weight excluding hydrogens is 294 g/mol. The summed E-state index contributed by atoms with van der Waals surface area (Å²) in [6.07, 6.45) is 0. The predicted octanol–water partition coefficient (Wildman–Crippen LogP) is 0.0362. The molecule has 0 amide bonds. The number of hydrogen-bond donors (Lipinski definition) is 2. The van der Waals surface area contributed by atoms with Crippen LogP contribution in [0.4, 0.5) is 0 Å². The summed E-state index contributed by atoms with van der Waals surface area (Å²) in [4.78, 5) is -0.823. The quantitative estimate of drug-likeness (QED) is 0.599. The van der Waals surface area contributed by atoms with Crippen LogP contribution in [0.3, 0.4) is 0 Å². The van der Waals surface area contributed by atoms with Crippen LogP contribution in [-0.4, -0.2) is 63.7 Å². The second kappa shape index (κ2) is 6.65. The molecule has 0 radical (unpaired) electrons. The van der Waals surface area contributed by atoms with Gasteiger partial charge in [-0.25, -0.2) is 0 Å². The molecule has 0 fully saturated rings. The van der Waals surface area contributed by atoms with Crippen LogP contribution in [0.2, 0.25) is 0 Å². The standard InChI is InChI=1S/C10H8O6S2.2Li.2H/c11-17(12,13)9-5-1-3-7-8(9)4-2-6-10(7)18(14,15)16;;;;/h1-6H,(H,11,12,13)(H,14,15,16);;;;. The van der Waals surface area contributed by atoms with Crippen molar-refractivity contribution in [1.82, 2.24) is 0 Å². The summed E-state index contributed by atoms with van der Waals surface area (Å²) in [6.45, 7) is 0. The van der Waals surface area contributed by atoms with Crippen LogP contribution >= 0.6 is 0 Å². The molecule has 0 saturated carbocycles. The molecule has 100 valence electrons. The Kier molecular flexibility index (Phi) is 6.56. The van der Waals surface area contributed by atoms with E-state index in [1.54, 1.807) is 0 Å². The van der Waals surface area contributed by atoms with E-state index in [-0.39, 0.29) is 48.5 Å². The van der Waals surface area contributed by atoms with E-state index in [4.69, 9.17) is 9.11 Å². The minimum absolute atomic E-state index is 0. The Bertz CT molecular complexity index is 759. The molecule has 2 rings (SSSR count). The molecule has 2 N–H and O–H groups in total. The van der Waals surface area contributed by atoms with Crippen LogP contribution in [0.25, 0.3) is 10.8 Å². The Hall–Kier alpha value is -0.285. The van der Waals surface area contributed by atoms with Gasteiger partial charge < -0.3 is 0 Å². The first kappa shape index (κ1) is 19.7. The Morgan fingerprint density at radius 2 is 0.950 bits per heavy atom. The molecule has 20 heavy (non-hydrogen) atoms. The summed E-state index contributed by atoms with van der Waals surface area (Å²) < 4.78 is 62.7. The zero-order valence-electron chi connectivity index (χ0n) is 8.81. The second-order valence-electron chi connectivity index (χ2n) is 3.56. The molecule has 0 spiro atoms. The van der Waals surface area contributed by atoms with Gasteiger partial charge in [0.2, 0.25) is 0 Å². The number of benzene rings is 2. The second-order valence-corrected chi connectivity index (χ2v) is 6.34. The van der Waals surface area contributed by atoms with Crippen molar-refractivity contribution in [2.75, 3.05) is 0 Å². The fourth-order valence-electron chi connectivity index (χ4n) is 1.70. The first-order valence-electron chi connectivity index (χ1n) is 4.68. The number of rotatable bonds is 2. The van der Waals surface area contributed by atoms with Crippen molar-refractivity contribution in [2.45, 2.75) is 9.79 Å². The van der Waals surface area contributed by atoms with Crippen LogP contribution in [0.5, 0.6) is 0 Å². The van der Waals surface area contributed by atoms with Crippen molar-refractivity contribution < 1.29 is 25.9 Å². The van der Waals surface area contributed by atoms with E-state index in [9.17, 15) is 16.8 Å². The molecule has 0 aliphatic carbocycles. The van der Waals surface area contributed by atoms with E-state index in [1.165, 1.54) is 24.3 Å². The molecule has 0 atom stereocenters. The average Bonchev–Trinajstić information content (AvgIpc) is 2.24. The Morgan fingerprint density at radius 3 is 1.20 bits per heavy atom. The Balaban J connectivity index is 0.00000180. The van der Waals surface area contributed by atoms with Gasteiger partial charge in [-0.1, -0.05) is 24.3 Å². The maximum atomic E-state index is 11.2. The van der Waals surface area contributed by atoms with E-state index < -0.39 is 30.0 Å². The fourth-order valence-corrected chi connectivity index (χ4v) is 3.12. The first-order chi connectivity index (χ1) is 8.21. The molecule has 0 aromatic heterocycles. The fraction of sp³-hybridized carbons (Fsp3) is 0. The van der Waals surface area contributed by atoms with Crippen molar-refractivity contribution in [1.29, 1.82) is 0 Å². The molecule has 0 aliphatic rings. The van der Waals surface area contributed by atoms with E-state index in [0.717, 1.165) is 12.1 Å². The van der Waals surface area contributed by atoms with Crippen molar-refractivity contribution >= 4 is 68.7 Å². The third-order valence-corrected chi connectivity index (χ3v) is 4.22. The van der Waals surface area contributed by atoms with Gasteiger partial charge in [0.1, 0.15) is 9.79 Å². The number of hydrogen-bond acceptors (Lipinski definition) is 4. The number of fused-ring (bicyclic) bond motifs is 1. The Morgan fingerprint density at radius 1 is 0.650 bits per heavy atom. The summed E-state index contributed by atoms with van der Waals surface area (Å²) in [6, 6.07) is 7.53. The van der Waals surface area contributed by atoms with Gasteiger partial charge in [0.25, 0.3) is 20.2 Å². The van der Waals surface area contributed by atoms with Crippen LogP contribution in [-0.2, 0) is 20.2 Å². The molecular formula is C10H10Li2O6S2. The van der Waals surface area contributed by atoms with Gasteiger partial charge in [0.05, 0.1) is 0 Å². The summed E-state index contributed by atoms with van der Waals surface area (Å²) in [5, 5.41) is 0.0465. The Labute approximate surface area is 140 Å². The zero-order valence-corrected chi connectivity index (χ0v) is 10.4. The molecule has 10 heteroatoms. The third kappa shape index (κ3) is 3.88. The van der Waals surface area contributed by atoms with Crippen molar-refractivity contribution in [2.24, 2.45) is 0 Å². The topological polar surface area (TPSA) is 109 Å². The first-order valence-corrected chi connectivity index (χ1v) is 7.56. The molecule has 2 aromatic carbocycles. The van der Waals surface area contributed by atoms with Gasteiger partial charge in [0.15, 0.2) is 0 Å². The molecule has 6 nitrogen and oxygen atoms in total. The van der Waals surface area contributed by atoms with E-state index >= 15 is 0 Å². The van der Waals surface area contributed by atoms with E-state index in [1.807, 2.05) is 0 Å². The van der Waals surface area contributed by atoms with Crippen LogP contribution in [0, 0.1) is 0 Å². The van der Waals surface area contributed by atoms with Crippen LogP contribution < -0.4 is 0 Å². The van der Waals surface area contributed by atoms with Gasteiger partial charge in [-0.05, 0) is 12.1 Å². The van der Waals surface area contributed by atoms with Crippen molar-refractivity contribution in [3.05, 3.63) is 36.4 Å². The SMILES string of the molecule is O=S(=O)(O)c1cccc2c(S(=O)(=O)O)cccc12.[LiH].[LiH]. The monoisotopic (exact) mass is 304 g/mol. The van der Waals surface area contributed by atoms with Gasteiger partial charge in [-0.3, -0.25) is 9.11 Å². The average molecular weight is 304 g/mol. The van der Waals surface area contributed by atoms with Crippen molar-refractivity contribution in [3.63, 3.8) is 0 Å². The van der Waals surface area contributed by atoms with Crippen LogP contribution in [0.15, 0.2) is 46.2 Å². The van der Waals surface area contributed by atoms with Gasteiger partial charge in [-0.15, -0.1) is 0 Å². The summed E-state index contributed by atoms with van der Waals surface area (Å²) >= 11 is 0. The van der Waals surface area contributed by atoms with Gasteiger partial charge in [0, 0.05) is 10.8 Å². The zero-order chi connectivity index (χ0) is 13.6. The van der Waals surface area contributed by atoms with E-state index in [0.29, 0.717) is 0 Å². The van der Waals surface area contributed by atoms with E-state index in [2.05, 4.69) is 0 Å². The maximum absolute atomic E-state index is 11.2. The summed E-state index contributed by atoms with van der Waals surface area (Å²) in [5.74, 6) is 0. The molecule has 2 aromatic rings. The minimum atomic E-state index is -4.47. The molecule has 0 heterocycles. The molecule has 0 aliphatic heterocycles. The summed E-state index contributed by atoms with van der Waals surface area (Å²) in [5.41, 5.74) is 0. The van der Waals surface area contributed by atoms with Gasteiger partial charge in [-0.2, -0.15) is 16.8 Å². The predicted molar refractivity (Wildman–Crippen MR) is 77.9 cm³/mol. The molecule has 0 bridgehead atoms. The van der Waals surface area contributed by atoms with Crippen molar-refractivity contribution in [3.8, 4) is 0 Å². The molecule has 0 unspecified atom stereocenters.